The second kappa shape index (κ2) is 4.36. The van der Waals surface area contributed by atoms with Crippen molar-refractivity contribution in [1.29, 1.82) is 0 Å². The number of hydrogen-bond donors (Lipinski definition) is 2. The molecule has 0 aromatic carbocycles. The fraction of sp³-hybridized carbons (Fsp3) is 0.333. The van der Waals surface area contributed by atoms with E-state index in [9.17, 15) is 9.59 Å². The SMILES string of the molecule is O=c1[nH]c(=O)n([C@H]2C=C[C@@H](CO)O2)cc1Br. The Morgan fingerprint density at radius 2 is 2.25 bits per heavy atom. The molecule has 16 heavy (non-hydrogen) atoms. The summed E-state index contributed by atoms with van der Waals surface area (Å²) in [6.45, 7) is -0.147. The summed E-state index contributed by atoms with van der Waals surface area (Å²) < 4.78 is 6.81. The fourth-order valence-electron chi connectivity index (χ4n) is 1.40. The van der Waals surface area contributed by atoms with E-state index in [-0.39, 0.29) is 11.1 Å². The summed E-state index contributed by atoms with van der Waals surface area (Å²) in [5.74, 6) is 0. The Labute approximate surface area is 98.3 Å². The van der Waals surface area contributed by atoms with Crippen molar-refractivity contribution in [2.24, 2.45) is 0 Å². The molecule has 7 heteroatoms. The monoisotopic (exact) mass is 288 g/mol. The van der Waals surface area contributed by atoms with Gasteiger partial charge in [0.1, 0.15) is 6.10 Å². The topological polar surface area (TPSA) is 84.3 Å². The van der Waals surface area contributed by atoms with Crippen LogP contribution in [0.1, 0.15) is 6.23 Å². The van der Waals surface area contributed by atoms with Gasteiger partial charge in [-0.25, -0.2) is 4.79 Å². The molecule has 2 heterocycles. The number of ether oxygens (including phenoxy) is 1. The summed E-state index contributed by atoms with van der Waals surface area (Å²) in [4.78, 5) is 24.7. The van der Waals surface area contributed by atoms with E-state index in [1.807, 2.05) is 0 Å². The minimum atomic E-state index is -0.599. The number of nitrogens with zero attached hydrogens (tertiary/aromatic N) is 1. The minimum absolute atomic E-state index is 0.147. The van der Waals surface area contributed by atoms with Crippen molar-refractivity contribution in [3.05, 3.63) is 43.7 Å². The third kappa shape index (κ3) is 2.01. The molecule has 0 unspecified atom stereocenters. The highest BCUT2D eigenvalue weighted by Crippen LogP contribution is 2.19. The number of hydrogen-bond acceptors (Lipinski definition) is 4. The quantitative estimate of drug-likeness (QED) is 0.735. The highest BCUT2D eigenvalue weighted by atomic mass is 79.9. The van der Waals surface area contributed by atoms with Gasteiger partial charge >= 0.3 is 5.69 Å². The average molecular weight is 289 g/mol. The van der Waals surface area contributed by atoms with Crippen molar-refractivity contribution >= 4 is 15.9 Å². The van der Waals surface area contributed by atoms with E-state index >= 15 is 0 Å². The molecule has 0 saturated heterocycles. The van der Waals surface area contributed by atoms with Crippen LogP contribution < -0.4 is 11.2 Å². The Bertz CT molecular complexity index is 533. The molecule has 0 spiro atoms. The van der Waals surface area contributed by atoms with Gasteiger partial charge in [-0.15, -0.1) is 0 Å². The van der Waals surface area contributed by atoms with E-state index in [4.69, 9.17) is 9.84 Å². The van der Waals surface area contributed by atoms with Gasteiger partial charge in [0.25, 0.3) is 5.56 Å². The van der Waals surface area contributed by atoms with Crippen molar-refractivity contribution in [3.8, 4) is 0 Å². The first-order chi connectivity index (χ1) is 7.61. The van der Waals surface area contributed by atoms with Gasteiger partial charge in [0.05, 0.1) is 11.1 Å². The maximum atomic E-state index is 11.5. The zero-order valence-electron chi connectivity index (χ0n) is 8.09. The van der Waals surface area contributed by atoms with E-state index in [2.05, 4.69) is 20.9 Å². The maximum absolute atomic E-state index is 11.5. The lowest BCUT2D eigenvalue weighted by atomic mass is 10.4. The van der Waals surface area contributed by atoms with Crippen molar-refractivity contribution in [2.45, 2.75) is 12.3 Å². The normalized spacial score (nSPS) is 23.9. The first-order valence-electron chi connectivity index (χ1n) is 4.57. The van der Waals surface area contributed by atoms with E-state index in [1.54, 1.807) is 12.2 Å². The van der Waals surface area contributed by atoms with E-state index < -0.39 is 23.6 Å². The van der Waals surface area contributed by atoms with Gasteiger partial charge in [0, 0.05) is 6.20 Å². The number of nitrogens with one attached hydrogen (secondary N) is 1. The standard InChI is InChI=1S/C9H9BrN2O4/c10-6-3-12(9(15)11-8(6)14)7-2-1-5(4-13)16-7/h1-3,5,7,13H,4H2,(H,11,14,15)/t5-,7+/m0/s1. The van der Waals surface area contributed by atoms with Gasteiger partial charge in [0.2, 0.25) is 0 Å². The van der Waals surface area contributed by atoms with E-state index in [0.29, 0.717) is 0 Å². The van der Waals surface area contributed by atoms with Crippen LogP contribution >= 0.6 is 15.9 Å². The summed E-state index contributed by atoms with van der Waals surface area (Å²) in [5.41, 5.74) is -1.04. The first kappa shape index (κ1) is 11.3. The summed E-state index contributed by atoms with van der Waals surface area (Å²) in [5, 5.41) is 8.87. The Hall–Kier alpha value is -1.18. The van der Waals surface area contributed by atoms with Crippen LogP contribution in [-0.4, -0.2) is 27.4 Å². The molecule has 2 N–H and O–H groups in total. The number of halogens is 1. The minimum Gasteiger partial charge on any atom is -0.393 e. The second-order valence-electron chi connectivity index (χ2n) is 3.28. The van der Waals surface area contributed by atoms with Gasteiger partial charge in [-0.2, -0.15) is 0 Å². The molecule has 1 aliphatic heterocycles. The van der Waals surface area contributed by atoms with Crippen molar-refractivity contribution in [1.82, 2.24) is 9.55 Å². The Morgan fingerprint density at radius 3 is 2.88 bits per heavy atom. The summed E-state index contributed by atoms with van der Waals surface area (Å²) >= 11 is 3.03. The van der Waals surface area contributed by atoms with Gasteiger partial charge in [0.15, 0.2) is 6.23 Å². The Balaban J connectivity index is 2.36. The largest absolute Gasteiger partial charge is 0.393 e. The Morgan fingerprint density at radius 1 is 1.50 bits per heavy atom. The molecule has 6 nitrogen and oxygen atoms in total. The maximum Gasteiger partial charge on any atom is 0.330 e. The summed E-state index contributed by atoms with van der Waals surface area (Å²) in [7, 11) is 0. The third-order valence-corrected chi connectivity index (χ3v) is 2.75. The first-order valence-corrected chi connectivity index (χ1v) is 5.36. The molecule has 86 valence electrons. The molecular weight excluding hydrogens is 280 g/mol. The van der Waals surface area contributed by atoms with Gasteiger partial charge in [-0.05, 0) is 22.0 Å². The lowest BCUT2D eigenvalue weighted by molar-refractivity contribution is -0.0104. The molecule has 2 rings (SSSR count). The lowest BCUT2D eigenvalue weighted by Gasteiger charge is -2.14. The van der Waals surface area contributed by atoms with Crippen molar-refractivity contribution < 1.29 is 9.84 Å². The molecule has 0 bridgehead atoms. The van der Waals surface area contributed by atoms with Crippen molar-refractivity contribution in [3.63, 3.8) is 0 Å². The van der Waals surface area contributed by atoms with Crippen LogP contribution in [0.3, 0.4) is 0 Å². The highest BCUT2D eigenvalue weighted by molar-refractivity contribution is 9.10. The third-order valence-electron chi connectivity index (χ3n) is 2.18. The number of rotatable bonds is 2. The van der Waals surface area contributed by atoms with Crippen LogP contribution in [0.25, 0.3) is 0 Å². The second-order valence-corrected chi connectivity index (χ2v) is 4.13. The van der Waals surface area contributed by atoms with Gasteiger partial charge in [-0.1, -0.05) is 6.08 Å². The molecular formula is C9H9BrN2O4. The zero-order chi connectivity index (χ0) is 11.7. The van der Waals surface area contributed by atoms with Crippen LogP contribution in [0, 0.1) is 0 Å². The van der Waals surface area contributed by atoms with E-state index in [0.717, 1.165) is 0 Å². The summed E-state index contributed by atoms with van der Waals surface area (Å²) in [6, 6.07) is 0. The Kier molecular flexibility index (Phi) is 3.08. The number of H-pyrrole nitrogens is 1. The van der Waals surface area contributed by atoms with E-state index in [1.165, 1.54) is 10.8 Å². The predicted molar refractivity (Wildman–Crippen MR) is 59.2 cm³/mol. The number of aliphatic hydroxyl groups is 1. The number of aliphatic hydroxyl groups excluding tert-OH is 1. The lowest BCUT2D eigenvalue weighted by Crippen LogP contribution is -2.32. The van der Waals surface area contributed by atoms with Gasteiger partial charge in [-0.3, -0.25) is 14.3 Å². The molecule has 1 aliphatic rings. The molecule has 0 aliphatic carbocycles. The molecule has 0 fully saturated rings. The van der Waals surface area contributed by atoms with Crippen LogP contribution in [0.5, 0.6) is 0 Å². The van der Waals surface area contributed by atoms with Crippen molar-refractivity contribution in [2.75, 3.05) is 6.61 Å². The van der Waals surface area contributed by atoms with Gasteiger partial charge < -0.3 is 9.84 Å². The smallest absolute Gasteiger partial charge is 0.330 e. The molecule has 2 atom stereocenters. The highest BCUT2D eigenvalue weighted by Gasteiger charge is 2.21. The average Bonchev–Trinajstić information content (AvgIpc) is 2.71. The molecule has 1 aromatic rings. The van der Waals surface area contributed by atoms with Crippen LogP contribution in [0.4, 0.5) is 0 Å². The predicted octanol–water partition coefficient (Wildman–Crippen LogP) is -0.255. The van der Waals surface area contributed by atoms with Crippen LogP contribution in [-0.2, 0) is 4.74 Å². The molecule has 1 aromatic heterocycles. The molecule has 0 radical (unpaired) electrons. The number of aromatic amines is 1. The number of aromatic nitrogens is 2. The molecule has 0 saturated carbocycles. The zero-order valence-corrected chi connectivity index (χ0v) is 9.68. The molecule has 0 amide bonds. The summed E-state index contributed by atoms with van der Waals surface area (Å²) in [6.07, 6.45) is 3.65. The van der Waals surface area contributed by atoms with Crippen LogP contribution in [0.2, 0.25) is 0 Å². The van der Waals surface area contributed by atoms with Crippen LogP contribution in [0.15, 0.2) is 32.4 Å². The fourth-order valence-corrected chi connectivity index (χ4v) is 1.72.